The van der Waals surface area contributed by atoms with Gasteiger partial charge in [-0.25, -0.2) is 4.98 Å². The van der Waals surface area contributed by atoms with Gasteiger partial charge in [0.1, 0.15) is 5.82 Å². The highest BCUT2D eigenvalue weighted by Crippen LogP contribution is 2.25. The first-order valence-corrected chi connectivity index (χ1v) is 6.59. The molecule has 0 amide bonds. The molecule has 5 heteroatoms. The van der Waals surface area contributed by atoms with Crippen LogP contribution >= 0.6 is 0 Å². The molecule has 0 aliphatic carbocycles. The molecule has 0 spiro atoms. The maximum Gasteiger partial charge on any atom is 0.110 e. The van der Waals surface area contributed by atoms with E-state index in [0.29, 0.717) is 5.69 Å². The van der Waals surface area contributed by atoms with Crippen molar-refractivity contribution in [3.63, 3.8) is 0 Å². The van der Waals surface area contributed by atoms with Gasteiger partial charge >= 0.3 is 0 Å². The number of nitrogens with zero attached hydrogens (tertiary/aromatic N) is 3. The summed E-state index contributed by atoms with van der Waals surface area (Å²) in [7, 11) is 2.00. The van der Waals surface area contributed by atoms with Gasteiger partial charge in [0.25, 0.3) is 0 Å². The Bertz CT molecular complexity index is 732. The zero-order valence-corrected chi connectivity index (χ0v) is 11.4. The van der Waals surface area contributed by atoms with Crippen LogP contribution in [-0.4, -0.2) is 21.1 Å². The van der Waals surface area contributed by atoms with Crippen molar-refractivity contribution in [2.24, 2.45) is 7.05 Å². The number of aryl methyl sites for hydroxylation is 1. The molecular weight excluding hydrogens is 250 g/mol. The number of nitrogens with two attached hydrogens (primary N) is 1. The van der Waals surface area contributed by atoms with Crippen LogP contribution in [0.25, 0.3) is 10.9 Å². The van der Waals surface area contributed by atoms with Crippen LogP contribution in [0.3, 0.4) is 0 Å². The standard InChI is InChI=1S/C15H17N5/c1-20-10-9-18-14(20)6-8-17-13-5-7-19-15-11(13)3-2-4-12(15)16/h2-5,7,9-10H,6,8,16H2,1H3,(H,17,19). The van der Waals surface area contributed by atoms with Gasteiger partial charge in [0, 0.05) is 49.7 Å². The van der Waals surface area contributed by atoms with E-state index in [1.54, 1.807) is 6.20 Å². The first-order chi connectivity index (χ1) is 9.75. The molecule has 20 heavy (non-hydrogen) atoms. The molecule has 5 nitrogen and oxygen atoms in total. The number of rotatable bonds is 4. The van der Waals surface area contributed by atoms with Gasteiger partial charge in [0.05, 0.1) is 11.2 Å². The lowest BCUT2D eigenvalue weighted by Crippen LogP contribution is -2.09. The molecule has 0 atom stereocenters. The Morgan fingerprint density at radius 2 is 2.10 bits per heavy atom. The summed E-state index contributed by atoms with van der Waals surface area (Å²) in [5.41, 5.74) is 8.55. The number of fused-ring (bicyclic) bond motifs is 1. The topological polar surface area (TPSA) is 68.8 Å². The predicted molar refractivity (Wildman–Crippen MR) is 81.6 cm³/mol. The van der Waals surface area contributed by atoms with Crippen molar-refractivity contribution < 1.29 is 0 Å². The lowest BCUT2D eigenvalue weighted by atomic mass is 10.1. The third-order valence-corrected chi connectivity index (χ3v) is 3.39. The molecule has 3 N–H and O–H groups in total. The van der Waals surface area contributed by atoms with Gasteiger partial charge in [-0.3, -0.25) is 4.98 Å². The van der Waals surface area contributed by atoms with Crippen LogP contribution in [0.5, 0.6) is 0 Å². The third kappa shape index (κ3) is 2.30. The van der Waals surface area contributed by atoms with Gasteiger partial charge < -0.3 is 15.6 Å². The monoisotopic (exact) mass is 267 g/mol. The molecule has 3 aromatic rings. The van der Waals surface area contributed by atoms with Gasteiger partial charge in [-0.1, -0.05) is 12.1 Å². The smallest absolute Gasteiger partial charge is 0.110 e. The fraction of sp³-hybridized carbons (Fsp3) is 0.200. The number of anilines is 2. The van der Waals surface area contributed by atoms with E-state index in [2.05, 4.69) is 15.3 Å². The average molecular weight is 267 g/mol. The Morgan fingerprint density at radius 1 is 1.20 bits per heavy atom. The van der Waals surface area contributed by atoms with Crippen LogP contribution < -0.4 is 11.1 Å². The minimum atomic E-state index is 0.704. The number of imidazole rings is 1. The summed E-state index contributed by atoms with van der Waals surface area (Å²) in [5.74, 6) is 1.07. The number of hydrogen-bond donors (Lipinski definition) is 2. The zero-order valence-electron chi connectivity index (χ0n) is 11.4. The average Bonchev–Trinajstić information content (AvgIpc) is 2.86. The minimum absolute atomic E-state index is 0.704. The minimum Gasteiger partial charge on any atom is -0.397 e. The van der Waals surface area contributed by atoms with Gasteiger partial charge in [-0.2, -0.15) is 0 Å². The van der Waals surface area contributed by atoms with Crippen molar-refractivity contribution in [2.45, 2.75) is 6.42 Å². The van der Waals surface area contributed by atoms with Crippen LogP contribution in [-0.2, 0) is 13.5 Å². The van der Waals surface area contributed by atoms with E-state index in [-0.39, 0.29) is 0 Å². The zero-order chi connectivity index (χ0) is 13.9. The van der Waals surface area contributed by atoms with Gasteiger partial charge in [-0.05, 0) is 12.1 Å². The Morgan fingerprint density at radius 3 is 2.90 bits per heavy atom. The van der Waals surface area contributed by atoms with Crippen LogP contribution in [0, 0.1) is 0 Å². The first kappa shape index (κ1) is 12.5. The number of para-hydroxylation sites is 1. The van der Waals surface area contributed by atoms with E-state index in [1.165, 1.54) is 0 Å². The molecule has 0 fully saturated rings. The highest BCUT2D eigenvalue weighted by molar-refractivity contribution is 5.97. The third-order valence-electron chi connectivity index (χ3n) is 3.39. The van der Waals surface area contributed by atoms with Gasteiger partial charge in [-0.15, -0.1) is 0 Å². The van der Waals surface area contributed by atoms with Crippen LogP contribution in [0.1, 0.15) is 5.82 Å². The molecule has 0 aliphatic heterocycles. The molecule has 0 saturated heterocycles. The highest BCUT2D eigenvalue weighted by Gasteiger charge is 2.04. The predicted octanol–water partition coefficient (Wildman–Crippen LogP) is 2.21. The Labute approximate surface area is 117 Å². The van der Waals surface area contributed by atoms with Crippen LogP contribution in [0.2, 0.25) is 0 Å². The summed E-state index contributed by atoms with van der Waals surface area (Å²) in [6.45, 7) is 0.818. The largest absolute Gasteiger partial charge is 0.397 e. The normalized spacial score (nSPS) is 10.8. The number of hydrogen-bond acceptors (Lipinski definition) is 4. The second-order valence-electron chi connectivity index (χ2n) is 4.73. The van der Waals surface area contributed by atoms with Crippen LogP contribution in [0.15, 0.2) is 42.9 Å². The Kier molecular flexibility index (Phi) is 3.25. The summed E-state index contributed by atoms with van der Waals surface area (Å²) in [6.07, 6.45) is 6.42. The van der Waals surface area contributed by atoms with Crippen molar-refractivity contribution in [3.8, 4) is 0 Å². The number of benzene rings is 1. The van der Waals surface area contributed by atoms with E-state index in [0.717, 1.165) is 35.4 Å². The molecule has 0 bridgehead atoms. The van der Waals surface area contributed by atoms with Crippen molar-refractivity contribution in [1.29, 1.82) is 0 Å². The summed E-state index contributed by atoms with van der Waals surface area (Å²) in [6, 6.07) is 7.82. The molecular formula is C15H17N5. The van der Waals surface area contributed by atoms with E-state index < -0.39 is 0 Å². The SMILES string of the molecule is Cn1ccnc1CCNc1ccnc2c(N)cccc12. The number of nitrogen functional groups attached to an aromatic ring is 1. The fourth-order valence-corrected chi connectivity index (χ4v) is 2.30. The summed E-state index contributed by atoms with van der Waals surface area (Å²) in [4.78, 5) is 8.65. The lowest BCUT2D eigenvalue weighted by molar-refractivity contribution is 0.790. The first-order valence-electron chi connectivity index (χ1n) is 6.59. The quantitative estimate of drug-likeness (QED) is 0.711. The van der Waals surface area contributed by atoms with Crippen molar-refractivity contribution in [2.75, 3.05) is 17.6 Å². The summed E-state index contributed by atoms with van der Waals surface area (Å²) in [5, 5.41) is 4.48. The van der Waals surface area contributed by atoms with Crippen molar-refractivity contribution >= 4 is 22.3 Å². The summed E-state index contributed by atoms with van der Waals surface area (Å²) < 4.78 is 2.03. The molecule has 0 radical (unpaired) electrons. The van der Waals surface area contributed by atoms with E-state index in [9.17, 15) is 0 Å². The highest BCUT2D eigenvalue weighted by atomic mass is 15.0. The molecule has 0 saturated carbocycles. The van der Waals surface area contributed by atoms with E-state index in [1.807, 2.05) is 48.3 Å². The second kappa shape index (κ2) is 5.21. The Hall–Kier alpha value is -2.56. The second-order valence-corrected chi connectivity index (χ2v) is 4.73. The maximum atomic E-state index is 5.95. The Balaban J connectivity index is 1.78. The molecule has 3 rings (SSSR count). The lowest BCUT2D eigenvalue weighted by Gasteiger charge is -2.10. The number of aromatic nitrogens is 3. The molecule has 2 aromatic heterocycles. The van der Waals surface area contributed by atoms with E-state index in [4.69, 9.17) is 5.73 Å². The number of pyridine rings is 1. The van der Waals surface area contributed by atoms with Crippen LogP contribution in [0.4, 0.5) is 11.4 Å². The molecule has 1 aromatic carbocycles. The van der Waals surface area contributed by atoms with Gasteiger partial charge in [0.2, 0.25) is 0 Å². The van der Waals surface area contributed by atoms with Crippen molar-refractivity contribution in [1.82, 2.24) is 14.5 Å². The van der Waals surface area contributed by atoms with E-state index >= 15 is 0 Å². The molecule has 102 valence electrons. The molecule has 0 aliphatic rings. The molecule has 2 heterocycles. The molecule has 0 unspecified atom stereocenters. The maximum absolute atomic E-state index is 5.95. The number of nitrogens with one attached hydrogen (secondary N) is 1. The summed E-state index contributed by atoms with van der Waals surface area (Å²) >= 11 is 0. The van der Waals surface area contributed by atoms with Crippen molar-refractivity contribution in [3.05, 3.63) is 48.7 Å². The van der Waals surface area contributed by atoms with Gasteiger partial charge in [0.15, 0.2) is 0 Å². The fourth-order valence-electron chi connectivity index (χ4n) is 2.30.